The monoisotopic (exact) mass is 440 g/mol. The van der Waals surface area contributed by atoms with E-state index in [1.165, 1.54) is 33.5 Å². The molecule has 0 saturated heterocycles. The number of fused-ring (bicyclic) bond motifs is 1. The number of nitrogens with zero attached hydrogens (tertiary/aromatic N) is 3. The molecule has 168 valence electrons. The van der Waals surface area contributed by atoms with Gasteiger partial charge < -0.3 is 29.2 Å². The Bertz CT molecular complexity index is 1160. The van der Waals surface area contributed by atoms with Crippen molar-refractivity contribution in [3.63, 3.8) is 0 Å². The van der Waals surface area contributed by atoms with Crippen LogP contribution < -0.4 is 19.5 Å². The molecule has 0 aliphatic rings. The van der Waals surface area contributed by atoms with E-state index in [9.17, 15) is 14.7 Å². The Balaban J connectivity index is 1.73. The second-order valence-corrected chi connectivity index (χ2v) is 6.62. The number of azo groups is 1. The summed E-state index contributed by atoms with van der Waals surface area (Å²) in [5.74, 6) is -0.317. The number of aromatic nitrogens is 1. The Morgan fingerprint density at radius 1 is 1.06 bits per heavy atom. The van der Waals surface area contributed by atoms with Crippen LogP contribution in [0.5, 0.6) is 23.1 Å². The number of methoxy groups -OCH3 is 3. The third-order valence-corrected chi connectivity index (χ3v) is 4.82. The van der Waals surface area contributed by atoms with E-state index in [2.05, 4.69) is 15.5 Å². The number of benzene rings is 2. The maximum Gasteiger partial charge on any atom is 0.283 e. The molecule has 2 N–H and O–H groups in total. The first-order valence-corrected chi connectivity index (χ1v) is 9.78. The van der Waals surface area contributed by atoms with Gasteiger partial charge in [0.15, 0.2) is 17.2 Å². The SMILES string of the molecule is CCn1c(O)c(N=NC(=O)CNC(=O)c2cc(OC)c(OC)c(OC)c2)c2ccccc21. The number of hydrogen-bond acceptors (Lipinski definition) is 7. The zero-order valence-electron chi connectivity index (χ0n) is 18.2. The van der Waals surface area contributed by atoms with E-state index in [0.717, 1.165) is 5.52 Å². The topological polar surface area (TPSA) is 124 Å². The molecule has 3 aromatic rings. The summed E-state index contributed by atoms with van der Waals surface area (Å²) in [6, 6.07) is 10.2. The molecule has 1 aromatic heterocycles. The molecule has 0 radical (unpaired) electrons. The quantitative estimate of drug-likeness (QED) is 0.517. The molecule has 0 bridgehead atoms. The standard InChI is InChI=1S/C22H24N4O6/c1-5-26-15-9-7-6-8-14(15)19(22(26)29)25-24-18(27)12-23-21(28)13-10-16(30-2)20(32-4)17(11-13)31-3/h6-11,29H,5,12H2,1-4H3,(H,23,28). The third-order valence-electron chi connectivity index (χ3n) is 4.82. The number of aromatic hydroxyl groups is 1. The number of ether oxygens (including phenoxy) is 3. The van der Waals surface area contributed by atoms with Gasteiger partial charge >= 0.3 is 0 Å². The van der Waals surface area contributed by atoms with Crippen LogP contribution in [0.25, 0.3) is 10.9 Å². The van der Waals surface area contributed by atoms with E-state index in [4.69, 9.17) is 14.2 Å². The van der Waals surface area contributed by atoms with Crippen molar-refractivity contribution in [2.45, 2.75) is 13.5 Å². The fourth-order valence-electron chi connectivity index (χ4n) is 3.30. The lowest BCUT2D eigenvalue weighted by atomic mass is 10.1. The smallest absolute Gasteiger partial charge is 0.283 e. The molecular weight excluding hydrogens is 416 g/mol. The first kappa shape index (κ1) is 22.6. The molecule has 0 aliphatic heterocycles. The second kappa shape index (κ2) is 9.82. The van der Waals surface area contributed by atoms with E-state index >= 15 is 0 Å². The fourth-order valence-corrected chi connectivity index (χ4v) is 3.30. The molecule has 10 nitrogen and oxygen atoms in total. The average molecular weight is 440 g/mol. The Hall–Kier alpha value is -4.08. The lowest BCUT2D eigenvalue weighted by Gasteiger charge is -2.13. The maximum absolute atomic E-state index is 12.5. The highest BCUT2D eigenvalue weighted by Crippen LogP contribution is 2.39. The predicted octanol–water partition coefficient (Wildman–Crippen LogP) is 3.43. The summed E-state index contributed by atoms with van der Waals surface area (Å²) in [6.07, 6.45) is 0. The van der Waals surface area contributed by atoms with Crippen molar-refractivity contribution in [1.82, 2.24) is 9.88 Å². The molecule has 32 heavy (non-hydrogen) atoms. The highest BCUT2D eigenvalue weighted by atomic mass is 16.5. The molecular formula is C22H24N4O6. The predicted molar refractivity (Wildman–Crippen MR) is 117 cm³/mol. The zero-order chi connectivity index (χ0) is 23.3. The van der Waals surface area contributed by atoms with Gasteiger partial charge in [-0.2, -0.15) is 0 Å². The largest absolute Gasteiger partial charge is 0.493 e. The maximum atomic E-state index is 12.5. The summed E-state index contributed by atoms with van der Waals surface area (Å²) in [5, 5.41) is 21.2. The van der Waals surface area contributed by atoms with Gasteiger partial charge in [0.2, 0.25) is 11.6 Å². The summed E-state index contributed by atoms with van der Waals surface area (Å²) >= 11 is 0. The molecule has 10 heteroatoms. The highest BCUT2D eigenvalue weighted by molar-refractivity contribution is 5.98. The van der Waals surface area contributed by atoms with Crippen LogP contribution in [0.1, 0.15) is 17.3 Å². The van der Waals surface area contributed by atoms with E-state index in [1.54, 1.807) is 16.7 Å². The minimum absolute atomic E-state index is 0.0771. The minimum Gasteiger partial charge on any atom is -0.493 e. The van der Waals surface area contributed by atoms with Crippen LogP contribution >= 0.6 is 0 Å². The van der Waals surface area contributed by atoms with Crippen molar-refractivity contribution in [2.75, 3.05) is 27.9 Å². The van der Waals surface area contributed by atoms with E-state index < -0.39 is 11.8 Å². The molecule has 0 saturated carbocycles. The van der Waals surface area contributed by atoms with Gasteiger partial charge in [-0.15, -0.1) is 10.2 Å². The number of carbonyl (C=O) groups is 2. The molecule has 2 aromatic carbocycles. The summed E-state index contributed by atoms with van der Waals surface area (Å²) < 4.78 is 17.4. The van der Waals surface area contributed by atoms with Crippen molar-refractivity contribution in [3.8, 4) is 23.1 Å². The van der Waals surface area contributed by atoms with Gasteiger partial charge in [0.25, 0.3) is 11.8 Å². The molecule has 0 spiro atoms. The van der Waals surface area contributed by atoms with Crippen LogP contribution in [-0.4, -0.2) is 49.4 Å². The average Bonchev–Trinajstić information content (AvgIpc) is 3.10. The van der Waals surface area contributed by atoms with Crippen LogP contribution in [-0.2, 0) is 11.3 Å². The lowest BCUT2D eigenvalue weighted by Crippen LogP contribution is -2.28. The van der Waals surface area contributed by atoms with Crippen LogP contribution in [0, 0.1) is 0 Å². The van der Waals surface area contributed by atoms with Crippen LogP contribution in [0.2, 0.25) is 0 Å². The number of para-hydroxylation sites is 1. The third kappa shape index (κ3) is 4.34. The van der Waals surface area contributed by atoms with Gasteiger partial charge in [-0.1, -0.05) is 18.2 Å². The van der Waals surface area contributed by atoms with Crippen molar-refractivity contribution in [1.29, 1.82) is 0 Å². The van der Waals surface area contributed by atoms with Crippen molar-refractivity contribution in [2.24, 2.45) is 10.2 Å². The Kier molecular flexibility index (Phi) is 6.93. The molecule has 0 atom stereocenters. The number of nitrogens with one attached hydrogen (secondary N) is 1. The van der Waals surface area contributed by atoms with Crippen LogP contribution in [0.15, 0.2) is 46.6 Å². The van der Waals surface area contributed by atoms with E-state index in [-0.39, 0.29) is 23.7 Å². The Morgan fingerprint density at radius 2 is 1.72 bits per heavy atom. The number of amides is 2. The zero-order valence-corrected chi connectivity index (χ0v) is 18.2. The first-order chi connectivity index (χ1) is 15.4. The number of rotatable bonds is 8. The van der Waals surface area contributed by atoms with E-state index in [0.29, 0.717) is 29.2 Å². The fraction of sp³-hybridized carbons (Fsp3) is 0.273. The number of hydrogen-bond donors (Lipinski definition) is 2. The first-order valence-electron chi connectivity index (χ1n) is 9.78. The van der Waals surface area contributed by atoms with Gasteiger partial charge in [-0.05, 0) is 25.1 Å². The Labute approximate surface area is 184 Å². The number of aryl methyl sites for hydroxylation is 1. The van der Waals surface area contributed by atoms with Gasteiger partial charge in [0.05, 0.1) is 26.8 Å². The Morgan fingerprint density at radius 3 is 2.31 bits per heavy atom. The minimum atomic E-state index is -0.682. The number of carbonyl (C=O) groups excluding carboxylic acids is 2. The molecule has 2 amide bonds. The van der Waals surface area contributed by atoms with Gasteiger partial charge in [-0.3, -0.25) is 9.59 Å². The van der Waals surface area contributed by atoms with E-state index in [1.807, 2.05) is 19.1 Å². The summed E-state index contributed by atoms with van der Waals surface area (Å²) in [5.41, 5.74) is 1.20. The molecule has 0 fully saturated rings. The lowest BCUT2D eigenvalue weighted by molar-refractivity contribution is -0.117. The van der Waals surface area contributed by atoms with Crippen molar-refractivity contribution in [3.05, 3.63) is 42.0 Å². The van der Waals surface area contributed by atoms with Gasteiger partial charge in [-0.25, -0.2) is 0 Å². The van der Waals surface area contributed by atoms with Crippen LogP contribution in [0.4, 0.5) is 5.69 Å². The molecule has 3 rings (SSSR count). The molecule has 0 unspecified atom stereocenters. The van der Waals surface area contributed by atoms with Crippen molar-refractivity contribution >= 4 is 28.4 Å². The summed E-state index contributed by atoms with van der Waals surface area (Å²) in [6.45, 7) is 2.03. The van der Waals surface area contributed by atoms with Crippen LogP contribution in [0.3, 0.4) is 0 Å². The molecule has 0 aliphatic carbocycles. The van der Waals surface area contributed by atoms with Gasteiger partial charge in [0, 0.05) is 17.5 Å². The highest BCUT2D eigenvalue weighted by Gasteiger charge is 2.18. The summed E-state index contributed by atoms with van der Waals surface area (Å²) in [4.78, 5) is 24.7. The van der Waals surface area contributed by atoms with Crippen molar-refractivity contribution < 1.29 is 28.9 Å². The normalized spacial score (nSPS) is 11.0. The molecule has 1 heterocycles. The second-order valence-electron chi connectivity index (χ2n) is 6.62. The summed E-state index contributed by atoms with van der Waals surface area (Å²) in [7, 11) is 4.33. The van der Waals surface area contributed by atoms with Gasteiger partial charge in [0.1, 0.15) is 6.54 Å².